The SMILES string of the molecule is C=CCN(CCOC)C(=O)C(C)C(=O)O. The molecule has 86 valence electrons. The van der Waals surface area contributed by atoms with Gasteiger partial charge in [0.15, 0.2) is 0 Å². The predicted molar refractivity (Wildman–Crippen MR) is 55.5 cm³/mol. The van der Waals surface area contributed by atoms with E-state index in [1.807, 2.05) is 0 Å². The number of amides is 1. The second-order valence-corrected chi connectivity index (χ2v) is 3.13. The highest BCUT2D eigenvalue weighted by molar-refractivity contribution is 5.96. The summed E-state index contributed by atoms with van der Waals surface area (Å²) in [5, 5.41) is 8.69. The first-order valence-electron chi connectivity index (χ1n) is 4.66. The summed E-state index contributed by atoms with van der Waals surface area (Å²) in [5.74, 6) is -2.56. The van der Waals surface area contributed by atoms with Gasteiger partial charge in [0.2, 0.25) is 5.91 Å². The number of carbonyl (C=O) groups excluding carboxylic acids is 1. The molecule has 0 aromatic rings. The van der Waals surface area contributed by atoms with Gasteiger partial charge in [0.05, 0.1) is 6.61 Å². The fourth-order valence-electron chi connectivity index (χ4n) is 1.03. The van der Waals surface area contributed by atoms with Crippen LogP contribution in [0.1, 0.15) is 6.92 Å². The summed E-state index contributed by atoms with van der Waals surface area (Å²) < 4.78 is 4.83. The van der Waals surface area contributed by atoms with Crippen LogP contribution in [0.5, 0.6) is 0 Å². The molecule has 0 aliphatic rings. The van der Waals surface area contributed by atoms with E-state index in [0.717, 1.165) is 0 Å². The average Bonchev–Trinajstić information content (AvgIpc) is 2.22. The quantitative estimate of drug-likeness (QED) is 0.492. The molecular weight excluding hydrogens is 198 g/mol. The Morgan fingerprint density at radius 1 is 1.60 bits per heavy atom. The molecule has 1 N–H and O–H groups in total. The van der Waals surface area contributed by atoms with Gasteiger partial charge < -0.3 is 14.7 Å². The lowest BCUT2D eigenvalue weighted by molar-refractivity contribution is -0.150. The number of methoxy groups -OCH3 is 1. The van der Waals surface area contributed by atoms with Crippen LogP contribution in [-0.2, 0) is 14.3 Å². The van der Waals surface area contributed by atoms with Gasteiger partial charge in [-0.05, 0) is 6.92 Å². The van der Waals surface area contributed by atoms with Crippen LogP contribution in [0.25, 0.3) is 0 Å². The van der Waals surface area contributed by atoms with Crippen molar-refractivity contribution in [1.82, 2.24) is 4.90 Å². The van der Waals surface area contributed by atoms with Crippen molar-refractivity contribution in [2.75, 3.05) is 26.8 Å². The van der Waals surface area contributed by atoms with Crippen LogP contribution in [0.3, 0.4) is 0 Å². The van der Waals surface area contributed by atoms with Crippen LogP contribution in [0.2, 0.25) is 0 Å². The average molecular weight is 215 g/mol. The van der Waals surface area contributed by atoms with E-state index in [0.29, 0.717) is 19.7 Å². The lowest BCUT2D eigenvalue weighted by Crippen LogP contribution is -2.40. The highest BCUT2D eigenvalue weighted by Gasteiger charge is 2.25. The van der Waals surface area contributed by atoms with Gasteiger partial charge in [-0.3, -0.25) is 9.59 Å². The van der Waals surface area contributed by atoms with E-state index >= 15 is 0 Å². The molecule has 0 rings (SSSR count). The van der Waals surface area contributed by atoms with Gasteiger partial charge in [-0.1, -0.05) is 6.08 Å². The Morgan fingerprint density at radius 3 is 2.60 bits per heavy atom. The van der Waals surface area contributed by atoms with Gasteiger partial charge in [0.25, 0.3) is 0 Å². The van der Waals surface area contributed by atoms with E-state index in [2.05, 4.69) is 6.58 Å². The minimum atomic E-state index is -1.12. The van der Waals surface area contributed by atoms with Crippen molar-refractivity contribution in [2.24, 2.45) is 5.92 Å². The second-order valence-electron chi connectivity index (χ2n) is 3.13. The van der Waals surface area contributed by atoms with Gasteiger partial charge in [-0.25, -0.2) is 0 Å². The molecule has 0 spiro atoms. The maximum absolute atomic E-state index is 11.6. The van der Waals surface area contributed by atoms with E-state index in [9.17, 15) is 9.59 Å². The third-order valence-electron chi connectivity index (χ3n) is 1.97. The van der Waals surface area contributed by atoms with Crippen molar-refractivity contribution in [3.05, 3.63) is 12.7 Å². The van der Waals surface area contributed by atoms with Crippen molar-refractivity contribution in [1.29, 1.82) is 0 Å². The minimum Gasteiger partial charge on any atom is -0.481 e. The Kier molecular flexibility index (Phi) is 6.37. The minimum absolute atomic E-state index is 0.333. The van der Waals surface area contributed by atoms with Crippen molar-refractivity contribution in [3.63, 3.8) is 0 Å². The van der Waals surface area contributed by atoms with Gasteiger partial charge in [-0.15, -0.1) is 6.58 Å². The van der Waals surface area contributed by atoms with Gasteiger partial charge >= 0.3 is 5.97 Å². The maximum Gasteiger partial charge on any atom is 0.315 e. The number of carboxylic acid groups (broad SMARTS) is 1. The predicted octanol–water partition coefficient (Wildman–Crippen LogP) is 0.368. The van der Waals surface area contributed by atoms with Crippen LogP contribution < -0.4 is 0 Å². The molecule has 0 bridgehead atoms. The zero-order valence-electron chi connectivity index (χ0n) is 9.10. The molecular formula is C10H17NO4. The first-order valence-corrected chi connectivity index (χ1v) is 4.66. The summed E-state index contributed by atoms with van der Waals surface area (Å²) in [6, 6.07) is 0. The number of ether oxygens (including phenoxy) is 1. The van der Waals surface area contributed by atoms with Crippen LogP contribution in [0.4, 0.5) is 0 Å². The fourth-order valence-corrected chi connectivity index (χ4v) is 1.03. The number of carboxylic acids is 1. The molecule has 0 aromatic carbocycles. The molecule has 1 amide bonds. The number of nitrogens with zero attached hydrogens (tertiary/aromatic N) is 1. The molecule has 0 fully saturated rings. The highest BCUT2D eigenvalue weighted by Crippen LogP contribution is 2.03. The third kappa shape index (κ3) is 4.60. The van der Waals surface area contributed by atoms with Crippen LogP contribution in [0, 0.1) is 5.92 Å². The smallest absolute Gasteiger partial charge is 0.315 e. The second kappa shape index (κ2) is 7.00. The number of rotatable bonds is 7. The summed E-state index contributed by atoms with van der Waals surface area (Å²) in [7, 11) is 1.52. The first kappa shape index (κ1) is 13.6. The van der Waals surface area contributed by atoms with Gasteiger partial charge in [0.1, 0.15) is 5.92 Å². The van der Waals surface area contributed by atoms with Crippen molar-refractivity contribution >= 4 is 11.9 Å². The van der Waals surface area contributed by atoms with E-state index in [-0.39, 0.29) is 0 Å². The van der Waals surface area contributed by atoms with Gasteiger partial charge in [-0.2, -0.15) is 0 Å². The van der Waals surface area contributed by atoms with Gasteiger partial charge in [0, 0.05) is 20.2 Å². The third-order valence-corrected chi connectivity index (χ3v) is 1.97. The molecule has 0 radical (unpaired) electrons. The molecule has 1 atom stereocenters. The molecule has 5 heteroatoms. The zero-order chi connectivity index (χ0) is 11.8. The molecule has 15 heavy (non-hydrogen) atoms. The Bertz CT molecular complexity index is 240. The standard InChI is InChI=1S/C10H17NO4/c1-4-5-11(6-7-15-3)9(12)8(2)10(13)14/h4,8H,1,5-7H2,2-3H3,(H,13,14). The molecule has 0 saturated carbocycles. The summed E-state index contributed by atoms with van der Waals surface area (Å²) >= 11 is 0. The Labute approximate surface area is 89.3 Å². The molecule has 0 heterocycles. The van der Waals surface area contributed by atoms with E-state index in [1.165, 1.54) is 18.9 Å². The molecule has 0 aliphatic heterocycles. The molecule has 0 aromatic heterocycles. The Balaban J connectivity index is 4.39. The zero-order valence-corrected chi connectivity index (χ0v) is 9.10. The monoisotopic (exact) mass is 215 g/mol. The van der Waals surface area contributed by atoms with E-state index < -0.39 is 17.8 Å². The van der Waals surface area contributed by atoms with Crippen LogP contribution >= 0.6 is 0 Å². The van der Waals surface area contributed by atoms with E-state index in [4.69, 9.17) is 9.84 Å². The molecule has 0 aliphatic carbocycles. The number of carbonyl (C=O) groups is 2. The molecule has 0 saturated heterocycles. The van der Waals surface area contributed by atoms with Crippen molar-refractivity contribution in [2.45, 2.75) is 6.92 Å². The van der Waals surface area contributed by atoms with Crippen LogP contribution in [0.15, 0.2) is 12.7 Å². The van der Waals surface area contributed by atoms with Crippen molar-refractivity contribution < 1.29 is 19.4 Å². The topological polar surface area (TPSA) is 66.8 Å². The highest BCUT2D eigenvalue weighted by atomic mass is 16.5. The number of aliphatic carboxylic acids is 1. The lowest BCUT2D eigenvalue weighted by Gasteiger charge is -2.22. The number of hydrogen-bond donors (Lipinski definition) is 1. The maximum atomic E-state index is 11.6. The summed E-state index contributed by atoms with van der Waals surface area (Å²) in [6.45, 7) is 5.97. The summed E-state index contributed by atoms with van der Waals surface area (Å²) in [4.78, 5) is 23.7. The van der Waals surface area contributed by atoms with Crippen molar-refractivity contribution in [3.8, 4) is 0 Å². The summed E-state index contributed by atoms with van der Waals surface area (Å²) in [5.41, 5.74) is 0. The van der Waals surface area contributed by atoms with Crippen LogP contribution in [-0.4, -0.2) is 48.7 Å². The fraction of sp³-hybridized carbons (Fsp3) is 0.600. The Hall–Kier alpha value is -1.36. The first-order chi connectivity index (χ1) is 7.04. The molecule has 5 nitrogen and oxygen atoms in total. The van der Waals surface area contributed by atoms with E-state index in [1.54, 1.807) is 6.08 Å². The summed E-state index contributed by atoms with van der Waals surface area (Å²) in [6.07, 6.45) is 1.56. The Morgan fingerprint density at radius 2 is 2.20 bits per heavy atom. The number of hydrogen-bond acceptors (Lipinski definition) is 3. The normalized spacial score (nSPS) is 11.9. The largest absolute Gasteiger partial charge is 0.481 e. The molecule has 1 unspecified atom stereocenters. The lowest BCUT2D eigenvalue weighted by atomic mass is 10.1.